The molecule has 1 aromatic carbocycles. The molecule has 0 saturated heterocycles. The van der Waals surface area contributed by atoms with Crippen molar-refractivity contribution in [2.45, 2.75) is 65.5 Å². The van der Waals surface area contributed by atoms with Gasteiger partial charge in [-0.05, 0) is 90.4 Å². The maximum Gasteiger partial charge on any atom is 0.418 e. The van der Waals surface area contributed by atoms with Crippen LogP contribution in [-0.2, 0) is 28.2 Å². The molecule has 2 N–H and O–H groups in total. The van der Waals surface area contributed by atoms with Crippen LogP contribution in [0.2, 0.25) is 0 Å². The quantitative estimate of drug-likeness (QED) is 0.397. The van der Waals surface area contributed by atoms with Crippen molar-refractivity contribution in [2.24, 2.45) is 34.5 Å². The van der Waals surface area contributed by atoms with Gasteiger partial charge in [0.1, 0.15) is 0 Å². The fourth-order valence-corrected chi connectivity index (χ4v) is 7.18. The van der Waals surface area contributed by atoms with Gasteiger partial charge in [-0.3, -0.25) is 9.59 Å². The third kappa shape index (κ3) is 5.20. The number of ketones is 1. The van der Waals surface area contributed by atoms with Crippen LogP contribution in [0.5, 0.6) is 0 Å². The largest absolute Gasteiger partial charge is 0.418 e. The highest BCUT2D eigenvalue weighted by atomic mass is 32.1. The number of carbonyl (C=O) groups is 2. The molecule has 4 aliphatic carbocycles. The zero-order valence-corrected chi connectivity index (χ0v) is 21.8. The molecule has 4 nitrogen and oxygen atoms in total. The SMILES string of the molecule is CC1CCC2C3C=CC4=CC(=O)CC[C@]4(C)C3CC[C@]12C.N=S.O=CNc1ccccc1C(F)(F)F. The van der Waals surface area contributed by atoms with Crippen molar-refractivity contribution in [2.75, 3.05) is 5.32 Å². The Hall–Kier alpha value is -2.35. The molecule has 196 valence electrons. The lowest BCUT2D eigenvalue weighted by Gasteiger charge is -2.55. The van der Waals surface area contributed by atoms with Crippen molar-refractivity contribution in [1.29, 1.82) is 4.78 Å². The third-order valence-electron chi connectivity index (χ3n) is 9.44. The number of nitrogens with one attached hydrogen (secondary N) is 2. The van der Waals surface area contributed by atoms with Crippen molar-refractivity contribution in [3.8, 4) is 0 Å². The lowest BCUT2D eigenvalue weighted by molar-refractivity contribution is -0.137. The van der Waals surface area contributed by atoms with Gasteiger partial charge >= 0.3 is 6.18 Å². The first-order valence-electron chi connectivity index (χ1n) is 12.5. The summed E-state index contributed by atoms with van der Waals surface area (Å²) < 4.78 is 42.0. The summed E-state index contributed by atoms with van der Waals surface area (Å²) in [5, 5.41) is 1.98. The summed E-state index contributed by atoms with van der Waals surface area (Å²) in [7, 11) is 0. The lowest BCUT2D eigenvalue weighted by Crippen LogP contribution is -2.48. The maximum atomic E-state index is 12.2. The van der Waals surface area contributed by atoms with Crippen LogP contribution in [0, 0.1) is 39.3 Å². The van der Waals surface area contributed by atoms with Crippen LogP contribution in [0.15, 0.2) is 48.1 Å². The van der Waals surface area contributed by atoms with Gasteiger partial charge in [-0.2, -0.15) is 13.2 Å². The topological polar surface area (TPSA) is 70.0 Å². The van der Waals surface area contributed by atoms with Crippen LogP contribution in [0.4, 0.5) is 18.9 Å². The number of hydrogen-bond donors (Lipinski definition) is 2. The highest BCUT2D eigenvalue weighted by Crippen LogP contribution is 2.64. The van der Waals surface area contributed by atoms with E-state index in [2.05, 4.69) is 45.3 Å². The van der Waals surface area contributed by atoms with Crippen molar-refractivity contribution in [1.82, 2.24) is 0 Å². The van der Waals surface area contributed by atoms with Crippen LogP contribution in [-0.4, -0.2) is 12.2 Å². The molecule has 0 spiro atoms. The predicted molar refractivity (Wildman–Crippen MR) is 137 cm³/mol. The molecule has 2 saturated carbocycles. The number of benzene rings is 1. The Morgan fingerprint density at radius 3 is 2.44 bits per heavy atom. The highest BCUT2D eigenvalue weighted by molar-refractivity contribution is 7.45. The average Bonchev–Trinajstić information content (AvgIpc) is 3.15. The minimum absolute atomic E-state index is 0.213. The van der Waals surface area contributed by atoms with Gasteiger partial charge in [-0.15, -0.1) is 0 Å². The molecule has 0 bridgehead atoms. The number of para-hydroxylation sites is 1. The van der Waals surface area contributed by atoms with Gasteiger partial charge in [0.05, 0.1) is 11.3 Å². The second-order valence-electron chi connectivity index (χ2n) is 11.0. The second-order valence-corrected chi connectivity index (χ2v) is 11.0. The number of anilines is 1. The summed E-state index contributed by atoms with van der Waals surface area (Å²) in [5.74, 6) is 3.61. The number of rotatable bonds is 2. The number of allylic oxidation sites excluding steroid dienone is 4. The molecular formula is C28H35F3N2O2S. The van der Waals surface area contributed by atoms with Gasteiger partial charge in [0, 0.05) is 18.8 Å². The van der Waals surface area contributed by atoms with E-state index in [1.54, 1.807) is 0 Å². The lowest BCUT2D eigenvalue weighted by atomic mass is 9.49. The fourth-order valence-electron chi connectivity index (χ4n) is 7.18. The zero-order valence-electron chi connectivity index (χ0n) is 21.0. The van der Waals surface area contributed by atoms with Crippen LogP contribution >= 0.6 is 0 Å². The molecule has 0 aromatic heterocycles. The molecule has 1 amide bonds. The van der Waals surface area contributed by atoms with Crippen LogP contribution < -0.4 is 5.32 Å². The van der Waals surface area contributed by atoms with Gasteiger partial charge in [-0.25, -0.2) is 4.78 Å². The number of fused-ring (bicyclic) bond motifs is 5. The zero-order chi connectivity index (χ0) is 26.7. The molecule has 0 aliphatic heterocycles. The van der Waals surface area contributed by atoms with E-state index in [-0.39, 0.29) is 17.5 Å². The first-order valence-corrected chi connectivity index (χ1v) is 12.9. The summed E-state index contributed by atoms with van der Waals surface area (Å²) in [6.07, 6.45) is 9.92. The van der Waals surface area contributed by atoms with Crippen LogP contribution in [0.3, 0.4) is 0 Å². The summed E-state index contributed by atoms with van der Waals surface area (Å²) in [5.41, 5.74) is 1.08. The first-order chi connectivity index (χ1) is 17.0. The Morgan fingerprint density at radius 2 is 1.78 bits per heavy atom. The van der Waals surface area contributed by atoms with Gasteiger partial charge in [0.2, 0.25) is 6.41 Å². The van der Waals surface area contributed by atoms with Crippen LogP contribution in [0.25, 0.3) is 0 Å². The monoisotopic (exact) mass is 520 g/mol. The minimum Gasteiger partial charge on any atom is -0.328 e. The fraction of sp³-hybridized carbons (Fsp3) is 0.571. The summed E-state index contributed by atoms with van der Waals surface area (Å²) in [6.45, 7) is 7.46. The minimum atomic E-state index is -4.44. The average molecular weight is 521 g/mol. The third-order valence-corrected chi connectivity index (χ3v) is 9.44. The van der Waals surface area contributed by atoms with E-state index in [9.17, 15) is 22.8 Å². The predicted octanol–water partition coefficient (Wildman–Crippen LogP) is 7.50. The highest BCUT2D eigenvalue weighted by Gasteiger charge is 2.56. The summed E-state index contributed by atoms with van der Waals surface area (Å²) in [4.78, 5) is 21.8. The molecule has 0 radical (unpaired) electrons. The number of alkyl halides is 3. The van der Waals surface area contributed by atoms with E-state index in [1.165, 1.54) is 49.5 Å². The Labute approximate surface area is 216 Å². The molecular weight excluding hydrogens is 485 g/mol. The number of halogens is 3. The van der Waals surface area contributed by atoms with Crippen molar-refractivity contribution in [3.63, 3.8) is 0 Å². The van der Waals surface area contributed by atoms with Gasteiger partial charge in [0.25, 0.3) is 0 Å². The van der Waals surface area contributed by atoms with Gasteiger partial charge in [-0.1, -0.05) is 45.1 Å². The van der Waals surface area contributed by atoms with Gasteiger partial charge < -0.3 is 5.32 Å². The molecule has 4 aliphatic rings. The molecule has 8 heteroatoms. The second kappa shape index (κ2) is 11.0. The smallest absolute Gasteiger partial charge is 0.328 e. The molecule has 2 fully saturated rings. The van der Waals surface area contributed by atoms with E-state index in [0.29, 0.717) is 11.2 Å². The van der Waals surface area contributed by atoms with Crippen molar-refractivity contribution < 1.29 is 22.8 Å². The number of carbonyl (C=O) groups excluding carboxylic acids is 2. The summed E-state index contributed by atoms with van der Waals surface area (Å²) in [6, 6.07) is 4.78. The van der Waals surface area contributed by atoms with E-state index < -0.39 is 11.7 Å². The van der Waals surface area contributed by atoms with Crippen molar-refractivity contribution in [3.05, 3.63) is 53.6 Å². The van der Waals surface area contributed by atoms with E-state index in [1.807, 2.05) is 11.4 Å². The Balaban J connectivity index is 0.000000208. The van der Waals surface area contributed by atoms with Crippen LogP contribution in [0.1, 0.15) is 64.9 Å². The molecule has 4 unspecified atom stereocenters. The van der Waals surface area contributed by atoms with E-state index in [4.69, 9.17) is 4.78 Å². The Kier molecular flexibility index (Phi) is 8.59. The molecule has 0 heterocycles. The van der Waals surface area contributed by atoms with Gasteiger partial charge in [0.15, 0.2) is 5.78 Å². The normalized spacial score (nSPS) is 34.4. The molecule has 5 rings (SSSR count). The number of amides is 1. The molecule has 36 heavy (non-hydrogen) atoms. The Morgan fingerprint density at radius 1 is 1.08 bits per heavy atom. The van der Waals surface area contributed by atoms with Crippen molar-refractivity contribution >= 4 is 30.3 Å². The van der Waals surface area contributed by atoms with E-state index in [0.717, 1.165) is 42.6 Å². The maximum absolute atomic E-state index is 12.2. The molecule has 6 atom stereocenters. The van der Waals surface area contributed by atoms with E-state index >= 15 is 0 Å². The number of hydrogen-bond acceptors (Lipinski definition) is 4. The summed E-state index contributed by atoms with van der Waals surface area (Å²) >= 11 is 3.33. The standard InChI is InChI=1S/C20H28O.C8H6F3NO.HNS/c1-13-4-7-17-16-6-5-14-12-15(21)8-10-20(14,3)18(16)9-11-19(13,17)2;9-8(10,11)6-3-1-2-4-7(6)12-5-13;1-2/h5-6,12-13,16-18H,4,7-11H2,1-3H3;1-5H,(H,12,13);1H/t13?,16?,17?,18?,19-,20+;;/m1../s1. The Bertz CT molecular complexity index is 1040. The first kappa shape index (κ1) is 28.2. The molecule has 1 aromatic rings.